The Labute approximate surface area is 104 Å². The Morgan fingerprint density at radius 2 is 2.18 bits per heavy atom. The minimum absolute atomic E-state index is 0.496. The van der Waals surface area contributed by atoms with Crippen molar-refractivity contribution < 1.29 is 4.74 Å². The summed E-state index contributed by atoms with van der Waals surface area (Å²) in [4.78, 5) is 2.21. The second kappa shape index (κ2) is 5.52. The molecule has 0 bridgehead atoms. The number of likely N-dealkylation sites (N-methyl/N-ethyl adjacent to an activating group) is 1. The third kappa shape index (κ3) is 3.20. The van der Waals surface area contributed by atoms with Crippen LogP contribution in [0.3, 0.4) is 0 Å². The Kier molecular flexibility index (Phi) is 4.02. The van der Waals surface area contributed by atoms with Gasteiger partial charge in [-0.05, 0) is 27.1 Å². The van der Waals surface area contributed by atoms with Crippen molar-refractivity contribution in [2.24, 2.45) is 0 Å². The van der Waals surface area contributed by atoms with Gasteiger partial charge in [0.15, 0.2) is 0 Å². The molecule has 2 rings (SSSR count). The summed E-state index contributed by atoms with van der Waals surface area (Å²) >= 11 is 0. The molecule has 1 aromatic carbocycles. The zero-order valence-electron chi connectivity index (χ0n) is 10.9. The Balaban J connectivity index is 1.85. The fourth-order valence-electron chi connectivity index (χ4n) is 2.35. The van der Waals surface area contributed by atoms with E-state index in [1.165, 1.54) is 5.56 Å². The average molecular weight is 234 g/mol. The number of benzene rings is 1. The molecule has 94 valence electrons. The van der Waals surface area contributed by atoms with Crippen LogP contribution in [0, 0.1) is 0 Å². The van der Waals surface area contributed by atoms with Crippen molar-refractivity contribution in [3.8, 4) is 5.75 Å². The van der Waals surface area contributed by atoms with Gasteiger partial charge in [0.1, 0.15) is 5.75 Å². The third-order valence-corrected chi connectivity index (χ3v) is 3.15. The minimum Gasteiger partial charge on any atom is -0.493 e. The average Bonchev–Trinajstić information content (AvgIpc) is 2.69. The first kappa shape index (κ1) is 12.4. The van der Waals surface area contributed by atoms with E-state index in [4.69, 9.17) is 4.74 Å². The number of fused-ring (bicyclic) bond motifs is 1. The SMILES string of the molecule is CC(CN(C)C)NCC1COc2ccccc21. The van der Waals surface area contributed by atoms with Gasteiger partial charge in [0.05, 0.1) is 6.61 Å². The van der Waals surface area contributed by atoms with Crippen LogP contribution in [0.15, 0.2) is 24.3 Å². The maximum atomic E-state index is 5.67. The van der Waals surface area contributed by atoms with Crippen LogP contribution in [0.25, 0.3) is 0 Å². The van der Waals surface area contributed by atoms with Gasteiger partial charge in [0.25, 0.3) is 0 Å². The van der Waals surface area contributed by atoms with Crippen LogP contribution in [-0.4, -0.2) is 44.7 Å². The molecular weight excluding hydrogens is 212 g/mol. The predicted molar refractivity (Wildman–Crippen MR) is 70.7 cm³/mol. The van der Waals surface area contributed by atoms with Crippen molar-refractivity contribution in [3.05, 3.63) is 29.8 Å². The van der Waals surface area contributed by atoms with Gasteiger partial charge in [0.2, 0.25) is 0 Å². The Morgan fingerprint density at radius 3 is 2.94 bits per heavy atom. The van der Waals surface area contributed by atoms with Crippen LogP contribution in [0.4, 0.5) is 0 Å². The summed E-state index contributed by atoms with van der Waals surface area (Å²) in [5.74, 6) is 1.55. The molecule has 1 N–H and O–H groups in total. The van der Waals surface area contributed by atoms with E-state index in [1.54, 1.807) is 0 Å². The first-order valence-corrected chi connectivity index (χ1v) is 6.26. The van der Waals surface area contributed by atoms with E-state index in [2.05, 4.69) is 49.4 Å². The van der Waals surface area contributed by atoms with Crippen molar-refractivity contribution in [2.75, 3.05) is 33.8 Å². The third-order valence-electron chi connectivity index (χ3n) is 3.15. The molecule has 1 heterocycles. The van der Waals surface area contributed by atoms with E-state index in [1.807, 2.05) is 6.07 Å². The fraction of sp³-hybridized carbons (Fsp3) is 0.571. The molecule has 2 atom stereocenters. The highest BCUT2D eigenvalue weighted by atomic mass is 16.5. The summed E-state index contributed by atoms with van der Waals surface area (Å²) in [7, 11) is 4.21. The number of ether oxygens (including phenoxy) is 1. The van der Waals surface area contributed by atoms with Crippen molar-refractivity contribution in [1.29, 1.82) is 0 Å². The van der Waals surface area contributed by atoms with Crippen LogP contribution < -0.4 is 10.1 Å². The maximum Gasteiger partial charge on any atom is 0.122 e. The van der Waals surface area contributed by atoms with E-state index >= 15 is 0 Å². The summed E-state index contributed by atoms with van der Waals surface area (Å²) < 4.78 is 5.67. The largest absolute Gasteiger partial charge is 0.493 e. The molecule has 1 aliphatic rings. The van der Waals surface area contributed by atoms with Crippen LogP contribution in [-0.2, 0) is 0 Å². The second-order valence-corrected chi connectivity index (χ2v) is 5.12. The van der Waals surface area contributed by atoms with E-state index in [9.17, 15) is 0 Å². The molecule has 0 fully saturated rings. The Bertz CT molecular complexity index is 365. The molecule has 0 radical (unpaired) electrons. The van der Waals surface area contributed by atoms with E-state index < -0.39 is 0 Å². The quantitative estimate of drug-likeness (QED) is 0.839. The molecule has 0 saturated heterocycles. The smallest absolute Gasteiger partial charge is 0.122 e. The standard InChI is InChI=1S/C14H22N2O/c1-11(9-16(2)3)15-8-12-10-17-14-7-5-4-6-13(12)14/h4-7,11-12,15H,8-10H2,1-3H3. The molecular formula is C14H22N2O. The highest BCUT2D eigenvalue weighted by molar-refractivity contribution is 5.39. The number of rotatable bonds is 5. The van der Waals surface area contributed by atoms with Crippen LogP contribution in [0.5, 0.6) is 5.75 Å². The molecule has 0 spiro atoms. The Morgan fingerprint density at radius 1 is 1.41 bits per heavy atom. The van der Waals surface area contributed by atoms with Crippen molar-refractivity contribution in [3.63, 3.8) is 0 Å². The molecule has 17 heavy (non-hydrogen) atoms. The number of nitrogens with one attached hydrogen (secondary N) is 1. The van der Waals surface area contributed by atoms with Gasteiger partial charge in [0, 0.05) is 30.6 Å². The molecule has 3 heteroatoms. The number of hydrogen-bond acceptors (Lipinski definition) is 3. The lowest BCUT2D eigenvalue weighted by molar-refractivity contribution is 0.310. The maximum absolute atomic E-state index is 5.67. The number of nitrogens with zero attached hydrogens (tertiary/aromatic N) is 1. The van der Waals surface area contributed by atoms with Gasteiger partial charge >= 0.3 is 0 Å². The molecule has 0 amide bonds. The monoisotopic (exact) mass is 234 g/mol. The number of hydrogen-bond donors (Lipinski definition) is 1. The minimum atomic E-state index is 0.496. The number of para-hydroxylation sites is 1. The first-order chi connectivity index (χ1) is 8.16. The molecule has 3 nitrogen and oxygen atoms in total. The van der Waals surface area contributed by atoms with Gasteiger partial charge in [-0.25, -0.2) is 0 Å². The molecule has 0 aliphatic carbocycles. The summed E-state index contributed by atoms with van der Waals surface area (Å²) in [6.07, 6.45) is 0. The Hall–Kier alpha value is -1.06. The normalized spacial score (nSPS) is 20.1. The fourth-order valence-corrected chi connectivity index (χ4v) is 2.35. The van der Waals surface area contributed by atoms with Gasteiger partial charge in [-0.15, -0.1) is 0 Å². The zero-order valence-corrected chi connectivity index (χ0v) is 10.9. The van der Waals surface area contributed by atoms with E-state index in [0.717, 1.165) is 25.4 Å². The zero-order chi connectivity index (χ0) is 12.3. The van der Waals surface area contributed by atoms with Crippen LogP contribution in [0.2, 0.25) is 0 Å². The molecule has 0 aromatic heterocycles. The highest BCUT2D eigenvalue weighted by Gasteiger charge is 2.23. The topological polar surface area (TPSA) is 24.5 Å². The summed E-state index contributed by atoms with van der Waals surface area (Å²) in [5.41, 5.74) is 1.34. The van der Waals surface area contributed by atoms with Crippen LogP contribution >= 0.6 is 0 Å². The molecule has 1 aliphatic heterocycles. The van der Waals surface area contributed by atoms with Gasteiger partial charge in [-0.1, -0.05) is 18.2 Å². The lowest BCUT2D eigenvalue weighted by Gasteiger charge is -2.20. The van der Waals surface area contributed by atoms with Crippen molar-refractivity contribution in [2.45, 2.75) is 18.9 Å². The van der Waals surface area contributed by atoms with E-state index in [-0.39, 0.29) is 0 Å². The molecule has 0 saturated carbocycles. The van der Waals surface area contributed by atoms with Crippen molar-refractivity contribution >= 4 is 0 Å². The van der Waals surface area contributed by atoms with Crippen LogP contribution in [0.1, 0.15) is 18.4 Å². The first-order valence-electron chi connectivity index (χ1n) is 6.26. The van der Waals surface area contributed by atoms with Crippen molar-refractivity contribution in [1.82, 2.24) is 10.2 Å². The lowest BCUT2D eigenvalue weighted by atomic mass is 10.0. The summed E-state index contributed by atoms with van der Waals surface area (Å²) in [5, 5.41) is 3.58. The van der Waals surface area contributed by atoms with E-state index in [0.29, 0.717) is 12.0 Å². The highest BCUT2D eigenvalue weighted by Crippen LogP contribution is 2.32. The predicted octanol–water partition coefficient (Wildman–Crippen LogP) is 1.70. The second-order valence-electron chi connectivity index (χ2n) is 5.12. The van der Waals surface area contributed by atoms with Gasteiger partial charge < -0.3 is 15.0 Å². The molecule has 2 unspecified atom stereocenters. The summed E-state index contributed by atoms with van der Waals surface area (Å²) in [6, 6.07) is 8.86. The summed E-state index contributed by atoms with van der Waals surface area (Å²) in [6.45, 7) is 5.09. The molecule has 1 aromatic rings. The van der Waals surface area contributed by atoms with Gasteiger partial charge in [-0.2, -0.15) is 0 Å². The lowest BCUT2D eigenvalue weighted by Crippen LogP contribution is -2.38. The van der Waals surface area contributed by atoms with Gasteiger partial charge in [-0.3, -0.25) is 0 Å².